The summed E-state index contributed by atoms with van der Waals surface area (Å²) < 4.78 is 37.8. The number of aliphatic hydroxyl groups excluding tert-OH is 1. The summed E-state index contributed by atoms with van der Waals surface area (Å²) in [7, 11) is 0. The van der Waals surface area contributed by atoms with Crippen molar-refractivity contribution in [3.8, 4) is 0 Å². The van der Waals surface area contributed by atoms with Crippen molar-refractivity contribution in [2.24, 2.45) is 0 Å². The molecule has 0 spiro atoms. The van der Waals surface area contributed by atoms with Crippen LogP contribution in [-0.2, 0) is 27.1 Å². The fourth-order valence-corrected chi connectivity index (χ4v) is 4.60. The largest absolute Gasteiger partial charge is 0.466 e. The summed E-state index contributed by atoms with van der Waals surface area (Å²) in [5.74, 6) is -1.88. The van der Waals surface area contributed by atoms with Crippen LogP contribution in [0.3, 0.4) is 0 Å². The molecule has 34 heavy (non-hydrogen) atoms. The summed E-state index contributed by atoms with van der Waals surface area (Å²) in [4.78, 5) is 13.9. The van der Waals surface area contributed by atoms with Crippen LogP contribution in [0.25, 0.3) is 0 Å². The molecule has 0 amide bonds. The predicted molar refractivity (Wildman–Crippen MR) is 126 cm³/mol. The van der Waals surface area contributed by atoms with Crippen LogP contribution < -0.4 is 0 Å². The van der Waals surface area contributed by atoms with Gasteiger partial charge in [-0.3, -0.25) is 9.69 Å². The van der Waals surface area contributed by atoms with Gasteiger partial charge in [0, 0.05) is 19.0 Å². The van der Waals surface area contributed by atoms with Crippen molar-refractivity contribution in [3.63, 3.8) is 0 Å². The molecule has 186 valence electrons. The third-order valence-electron chi connectivity index (χ3n) is 6.34. The van der Waals surface area contributed by atoms with Crippen molar-refractivity contribution < 1.29 is 28.2 Å². The molecule has 0 radical (unpaired) electrons. The minimum absolute atomic E-state index is 0.181. The van der Waals surface area contributed by atoms with E-state index in [9.17, 15) is 18.7 Å². The average molecular weight is 476 g/mol. The number of rotatable bonds is 12. The van der Waals surface area contributed by atoms with Gasteiger partial charge in [-0.1, -0.05) is 30.3 Å². The number of esters is 1. The van der Waals surface area contributed by atoms with E-state index < -0.39 is 17.7 Å². The van der Waals surface area contributed by atoms with Crippen LogP contribution >= 0.6 is 0 Å². The molecule has 3 atom stereocenters. The van der Waals surface area contributed by atoms with Gasteiger partial charge in [-0.15, -0.1) is 0 Å². The highest BCUT2D eigenvalue weighted by Crippen LogP contribution is 2.25. The fraction of sp³-hybridized carbons (Fsp3) is 0.519. The molecule has 3 rings (SSSR count). The minimum atomic E-state index is -0.837. The van der Waals surface area contributed by atoms with E-state index in [1.54, 1.807) is 13.0 Å². The Morgan fingerprint density at radius 1 is 1.21 bits per heavy atom. The van der Waals surface area contributed by atoms with Crippen molar-refractivity contribution in [2.75, 3.05) is 26.3 Å². The first-order valence-electron chi connectivity index (χ1n) is 12.1. The molecule has 0 unspecified atom stereocenters. The van der Waals surface area contributed by atoms with Gasteiger partial charge < -0.3 is 14.6 Å². The number of halogens is 2. The molecule has 0 bridgehead atoms. The lowest BCUT2D eigenvalue weighted by molar-refractivity contribution is -0.143. The molecule has 1 N–H and O–H groups in total. The Kier molecular flexibility index (Phi) is 9.99. The summed E-state index contributed by atoms with van der Waals surface area (Å²) in [5.41, 5.74) is 2.79. The van der Waals surface area contributed by atoms with Crippen LogP contribution in [0.2, 0.25) is 0 Å². The third-order valence-corrected chi connectivity index (χ3v) is 6.34. The Balaban J connectivity index is 1.50. The number of β-amino-alcohol motifs (C(OH)–C–C–N with tert-alkyl or cyclic N) is 1. The second-order valence-corrected chi connectivity index (χ2v) is 8.88. The molecule has 2 aromatic rings. The zero-order valence-electron chi connectivity index (χ0n) is 20.0. The van der Waals surface area contributed by atoms with Gasteiger partial charge in [0.05, 0.1) is 25.4 Å². The van der Waals surface area contributed by atoms with E-state index in [4.69, 9.17) is 9.47 Å². The molecule has 0 saturated carbocycles. The number of likely N-dealkylation sites (tertiary alicyclic amines) is 1. The molecular formula is C27H35F2NO4. The summed E-state index contributed by atoms with van der Waals surface area (Å²) in [5, 5.41) is 10.6. The monoisotopic (exact) mass is 475 g/mol. The molecule has 0 aliphatic carbocycles. The number of benzene rings is 2. The summed E-state index contributed by atoms with van der Waals surface area (Å²) in [6.45, 7) is 5.61. The number of hydrogen-bond acceptors (Lipinski definition) is 5. The number of aryl methyl sites for hydroxylation is 1. The van der Waals surface area contributed by atoms with Crippen LogP contribution in [0.1, 0.15) is 55.9 Å². The summed E-state index contributed by atoms with van der Waals surface area (Å²) >= 11 is 0. The lowest BCUT2D eigenvalue weighted by Crippen LogP contribution is -2.39. The summed E-state index contributed by atoms with van der Waals surface area (Å²) in [6.07, 6.45) is 2.57. The first kappa shape index (κ1) is 26.3. The van der Waals surface area contributed by atoms with Crippen molar-refractivity contribution in [1.29, 1.82) is 0 Å². The van der Waals surface area contributed by atoms with Gasteiger partial charge in [-0.05, 0) is 74.9 Å². The van der Waals surface area contributed by atoms with E-state index in [2.05, 4.69) is 4.90 Å². The molecule has 2 aromatic carbocycles. The van der Waals surface area contributed by atoms with Crippen molar-refractivity contribution in [1.82, 2.24) is 4.90 Å². The molecule has 1 saturated heterocycles. The Hall–Kier alpha value is -2.35. The van der Waals surface area contributed by atoms with Crippen LogP contribution in [-0.4, -0.2) is 54.4 Å². The number of nitrogens with zero attached hydrogens (tertiary/aromatic N) is 1. The molecule has 5 nitrogen and oxygen atoms in total. The second kappa shape index (κ2) is 12.9. The fourth-order valence-electron chi connectivity index (χ4n) is 4.60. The van der Waals surface area contributed by atoms with E-state index >= 15 is 0 Å². The van der Waals surface area contributed by atoms with E-state index in [0.29, 0.717) is 32.4 Å². The van der Waals surface area contributed by atoms with E-state index in [1.165, 1.54) is 12.1 Å². The van der Waals surface area contributed by atoms with Crippen molar-refractivity contribution in [3.05, 3.63) is 70.8 Å². The lowest BCUT2D eigenvalue weighted by atomic mass is 9.99. The van der Waals surface area contributed by atoms with Gasteiger partial charge in [0.1, 0.15) is 0 Å². The minimum Gasteiger partial charge on any atom is -0.466 e. The Labute approximate surface area is 200 Å². The van der Waals surface area contributed by atoms with Crippen LogP contribution in [0.5, 0.6) is 0 Å². The van der Waals surface area contributed by atoms with Gasteiger partial charge in [0.2, 0.25) is 0 Å². The lowest BCUT2D eigenvalue weighted by Gasteiger charge is -2.27. The molecule has 7 heteroatoms. The molecule has 1 heterocycles. The smallest absolute Gasteiger partial charge is 0.306 e. The van der Waals surface area contributed by atoms with Gasteiger partial charge in [0.15, 0.2) is 11.6 Å². The quantitative estimate of drug-likeness (QED) is 0.455. The summed E-state index contributed by atoms with van der Waals surface area (Å²) in [6, 6.07) is 12.1. The Bertz CT molecular complexity index is 939. The SMILES string of the molecule is CCOC(=O)CCc1ccccc1[C@@H](C)OC[C@H](O)CN1CCC[C@H]1Cc1ccc(F)c(F)c1. The molecular weight excluding hydrogens is 440 g/mol. The van der Waals surface area contributed by atoms with Crippen molar-refractivity contribution >= 4 is 5.97 Å². The number of carbonyl (C=O) groups is 1. The zero-order valence-corrected chi connectivity index (χ0v) is 20.0. The maximum atomic E-state index is 13.6. The average Bonchev–Trinajstić information content (AvgIpc) is 3.25. The highest BCUT2D eigenvalue weighted by atomic mass is 19.2. The number of aliphatic hydroxyl groups is 1. The Morgan fingerprint density at radius 2 is 2.00 bits per heavy atom. The maximum Gasteiger partial charge on any atom is 0.306 e. The van der Waals surface area contributed by atoms with Gasteiger partial charge >= 0.3 is 5.97 Å². The van der Waals surface area contributed by atoms with E-state index in [1.807, 2.05) is 31.2 Å². The Morgan fingerprint density at radius 3 is 2.76 bits per heavy atom. The standard InChI is InChI=1S/C27H35F2NO4/c1-3-33-27(32)13-11-21-7-4-5-9-24(21)19(2)34-18-23(31)17-30-14-6-8-22(30)15-20-10-12-25(28)26(29)16-20/h4-5,7,9-10,12,16,19,22-23,31H,3,6,8,11,13-15,17-18H2,1-2H3/t19-,22+,23-/m1/s1. The van der Waals surface area contributed by atoms with Crippen LogP contribution in [0.15, 0.2) is 42.5 Å². The molecule has 1 fully saturated rings. The van der Waals surface area contributed by atoms with Gasteiger partial charge in [-0.25, -0.2) is 8.78 Å². The topological polar surface area (TPSA) is 59.0 Å². The highest BCUT2D eigenvalue weighted by Gasteiger charge is 2.27. The maximum absolute atomic E-state index is 13.6. The molecule has 0 aromatic heterocycles. The van der Waals surface area contributed by atoms with Gasteiger partial charge in [-0.2, -0.15) is 0 Å². The van der Waals surface area contributed by atoms with Gasteiger partial charge in [0.25, 0.3) is 0 Å². The van der Waals surface area contributed by atoms with E-state index in [-0.39, 0.29) is 24.7 Å². The zero-order chi connectivity index (χ0) is 24.5. The number of carbonyl (C=O) groups excluding carboxylic acids is 1. The normalized spacial score (nSPS) is 18.1. The molecule has 1 aliphatic rings. The molecule has 1 aliphatic heterocycles. The van der Waals surface area contributed by atoms with Crippen molar-refractivity contribution in [2.45, 2.75) is 64.2 Å². The first-order chi connectivity index (χ1) is 16.4. The number of hydrogen-bond donors (Lipinski definition) is 1. The first-order valence-corrected chi connectivity index (χ1v) is 12.1. The van der Waals surface area contributed by atoms with Crippen LogP contribution in [0.4, 0.5) is 8.78 Å². The highest BCUT2D eigenvalue weighted by molar-refractivity contribution is 5.69. The predicted octanol–water partition coefficient (Wildman–Crippen LogP) is 4.61. The van der Waals surface area contributed by atoms with Crippen LogP contribution in [0, 0.1) is 11.6 Å². The third kappa shape index (κ3) is 7.58. The number of ether oxygens (including phenoxy) is 2. The second-order valence-electron chi connectivity index (χ2n) is 8.88. The van der Waals surface area contributed by atoms with E-state index in [0.717, 1.165) is 36.1 Å².